The van der Waals surface area contributed by atoms with Crippen LogP contribution < -0.4 is 4.74 Å². The molecule has 0 saturated carbocycles. The molecule has 0 aliphatic carbocycles. The van der Waals surface area contributed by atoms with Crippen LogP contribution in [0.15, 0.2) is 30.7 Å². The lowest BCUT2D eigenvalue weighted by molar-refractivity contribution is 0.288. The highest BCUT2D eigenvalue weighted by Gasteiger charge is 2.17. The summed E-state index contributed by atoms with van der Waals surface area (Å²) in [6.45, 7) is 1.40. The van der Waals surface area contributed by atoms with Crippen molar-refractivity contribution in [1.29, 1.82) is 0 Å². The molecule has 22 heavy (non-hydrogen) atoms. The van der Waals surface area contributed by atoms with Crippen molar-refractivity contribution in [2.45, 2.75) is 26.0 Å². The minimum Gasteiger partial charge on any atom is -0.484 e. The molecule has 0 radical (unpaired) electrons. The number of fused-ring (bicyclic) bond motifs is 1. The summed E-state index contributed by atoms with van der Waals surface area (Å²) in [6, 6.07) is 3.84. The second kappa shape index (κ2) is 5.25. The van der Waals surface area contributed by atoms with Crippen molar-refractivity contribution in [3.63, 3.8) is 0 Å². The molecule has 3 aromatic rings. The monoisotopic (exact) mass is 296 g/mol. The molecule has 0 spiro atoms. The molecule has 0 amide bonds. The molecule has 0 aromatic carbocycles. The fourth-order valence-corrected chi connectivity index (χ4v) is 2.66. The van der Waals surface area contributed by atoms with E-state index in [9.17, 15) is 0 Å². The van der Waals surface area contributed by atoms with Gasteiger partial charge in [-0.15, -0.1) is 10.2 Å². The van der Waals surface area contributed by atoms with Gasteiger partial charge in [0, 0.05) is 31.8 Å². The lowest BCUT2D eigenvalue weighted by Gasteiger charge is -2.06. The summed E-state index contributed by atoms with van der Waals surface area (Å²) in [5.74, 6) is 2.66. The topological polar surface area (TPSA) is 70.7 Å². The van der Waals surface area contributed by atoms with Gasteiger partial charge < -0.3 is 9.30 Å². The molecule has 112 valence electrons. The first kappa shape index (κ1) is 13.0. The molecule has 0 unspecified atom stereocenters. The summed E-state index contributed by atoms with van der Waals surface area (Å²) in [7, 11) is 1.89. The van der Waals surface area contributed by atoms with Gasteiger partial charge in [0.1, 0.15) is 18.2 Å². The minimum absolute atomic E-state index is 0.418. The Morgan fingerprint density at radius 1 is 1.23 bits per heavy atom. The highest BCUT2D eigenvalue weighted by Crippen LogP contribution is 2.20. The van der Waals surface area contributed by atoms with Gasteiger partial charge >= 0.3 is 0 Å². The van der Waals surface area contributed by atoms with E-state index in [1.807, 2.05) is 25.4 Å². The Balaban J connectivity index is 1.45. The standard InChI is InChI=1S/C15H16N6O/c1-20-9-11(7-17-20)13-5-4-12(8-16-13)22-10-15-19-18-14-3-2-6-21(14)15/h4-5,7-9H,2-3,6,10H2,1H3. The fraction of sp³-hybridized carbons (Fsp3) is 0.333. The Morgan fingerprint density at radius 3 is 2.95 bits per heavy atom. The smallest absolute Gasteiger partial charge is 0.171 e. The van der Waals surface area contributed by atoms with Crippen LogP contribution in [-0.2, 0) is 26.6 Å². The second-order valence-electron chi connectivity index (χ2n) is 5.36. The van der Waals surface area contributed by atoms with Gasteiger partial charge in [-0.1, -0.05) is 0 Å². The molecular weight excluding hydrogens is 280 g/mol. The van der Waals surface area contributed by atoms with E-state index in [1.165, 1.54) is 0 Å². The minimum atomic E-state index is 0.418. The first-order valence-corrected chi connectivity index (χ1v) is 7.28. The summed E-state index contributed by atoms with van der Waals surface area (Å²) < 4.78 is 9.66. The van der Waals surface area contributed by atoms with Crippen LogP contribution in [0.5, 0.6) is 5.75 Å². The van der Waals surface area contributed by atoms with Crippen LogP contribution in [0.4, 0.5) is 0 Å². The number of aryl methyl sites for hydroxylation is 2. The predicted octanol–water partition coefficient (Wildman–Crippen LogP) is 1.60. The summed E-state index contributed by atoms with van der Waals surface area (Å²) in [5, 5.41) is 12.5. The molecule has 0 saturated heterocycles. The molecule has 1 aliphatic heterocycles. The molecule has 4 heterocycles. The third kappa shape index (κ3) is 2.34. The quantitative estimate of drug-likeness (QED) is 0.731. The molecule has 7 nitrogen and oxygen atoms in total. The number of ether oxygens (including phenoxy) is 1. The maximum atomic E-state index is 5.77. The van der Waals surface area contributed by atoms with E-state index in [4.69, 9.17) is 4.74 Å². The first-order chi connectivity index (χ1) is 10.8. The van der Waals surface area contributed by atoms with E-state index >= 15 is 0 Å². The fourth-order valence-electron chi connectivity index (χ4n) is 2.66. The number of hydrogen-bond acceptors (Lipinski definition) is 5. The highest BCUT2D eigenvalue weighted by atomic mass is 16.5. The Labute approximate surface area is 127 Å². The zero-order valence-corrected chi connectivity index (χ0v) is 12.3. The van der Waals surface area contributed by atoms with Crippen LogP contribution in [0, 0.1) is 0 Å². The number of rotatable bonds is 4. The number of hydrogen-bond donors (Lipinski definition) is 0. The van der Waals surface area contributed by atoms with Crippen molar-refractivity contribution in [1.82, 2.24) is 29.5 Å². The number of aromatic nitrogens is 6. The van der Waals surface area contributed by atoms with E-state index < -0.39 is 0 Å². The van der Waals surface area contributed by atoms with Gasteiger partial charge in [-0.3, -0.25) is 9.67 Å². The third-order valence-corrected chi connectivity index (χ3v) is 3.79. The normalized spacial score (nSPS) is 13.3. The predicted molar refractivity (Wildman–Crippen MR) is 79.1 cm³/mol. The molecule has 7 heteroatoms. The van der Waals surface area contributed by atoms with Gasteiger partial charge in [-0.2, -0.15) is 5.10 Å². The SMILES string of the molecule is Cn1cc(-c2ccc(OCc3nnc4n3CCC4)cn2)cn1. The molecular formula is C15H16N6O. The van der Waals surface area contributed by atoms with Crippen molar-refractivity contribution in [3.8, 4) is 17.0 Å². The molecule has 4 rings (SSSR count). The third-order valence-electron chi connectivity index (χ3n) is 3.79. The van der Waals surface area contributed by atoms with Crippen LogP contribution in [0.3, 0.4) is 0 Å². The number of pyridine rings is 1. The summed E-state index contributed by atoms with van der Waals surface area (Å²) in [4.78, 5) is 4.41. The van der Waals surface area contributed by atoms with Gasteiger partial charge in [-0.05, 0) is 18.6 Å². The van der Waals surface area contributed by atoms with E-state index in [1.54, 1.807) is 17.1 Å². The van der Waals surface area contributed by atoms with Crippen molar-refractivity contribution in [3.05, 3.63) is 42.4 Å². The second-order valence-corrected chi connectivity index (χ2v) is 5.36. The average Bonchev–Trinajstić information content (AvgIpc) is 3.23. The Kier molecular flexibility index (Phi) is 3.10. The van der Waals surface area contributed by atoms with Crippen LogP contribution in [0.2, 0.25) is 0 Å². The Morgan fingerprint density at radius 2 is 2.18 bits per heavy atom. The molecule has 0 N–H and O–H groups in total. The average molecular weight is 296 g/mol. The van der Waals surface area contributed by atoms with Crippen LogP contribution in [0.25, 0.3) is 11.3 Å². The summed E-state index contributed by atoms with van der Waals surface area (Å²) in [5.41, 5.74) is 1.87. The van der Waals surface area contributed by atoms with Crippen LogP contribution in [0.1, 0.15) is 18.1 Å². The van der Waals surface area contributed by atoms with Crippen molar-refractivity contribution in [2.24, 2.45) is 7.05 Å². The lowest BCUT2D eigenvalue weighted by Crippen LogP contribution is -2.05. The Hall–Kier alpha value is -2.70. The van der Waals surface area contributed by atoms with E-state index in [0.29, 0.717) is 6.61 Å². The maximum Gasteiger partial charge on any atom is 0.171 e. The maximum absolute atomic E-state index is 5.77. The van der Waals surface area contributed by atoms with Gasteiger partial charge in [0.2, 0.25) is 0 Å². The number of nitrogens with zero attached hydrogens (tertiary/aromatic N) is 6. The molecule has 0 bridgehead atoms. The summed E-state index contributed by atoms with van der Waals surface area (Å²) in [6.07, 6.45) is 7.60. The van der Waals surface area contributed by atoms with Gasteiger partial charge in [0.25, 0.3) is 0 Å². The van der Waals surface area contributed by atoms with Crippen molar-refractivity contribution >= 4 is 0 Å². The van der Waals surface area contributed by atoms with Crippen molar-refractivity contribution < 1.29 is 4.74 Å². The van der Waals surface area contributed by atoms with Crippen LogP contribution >= 0.6 is 0 Å². The van der Waals surface area contributed by atoms with E-state index in [-0.39, 0.29) is 0 Å². The molecule has 0 atom stereocenters. The lowest BCUT2D eigenvalue weighted by atomic mass is 10.2. The molecule has 1 aliphatic rings. The van der Waals surface area contributed by atoms with Crippen molar-refractivity contribution in [2.75, 3.05) is 0 Å². The zero-order valence-electron chi connectivity index (χ0n) is 12.3. The van der Waals surface area contributed by atoms with Gasteiger partial charge in [0.15, 0.2) is 5.82 Å². The molecule has 0 fully saturated rings. The van der Waals surface area contributed by atoms with E-state index in [2.05, 4.69) is 24.8 Å². The molecule has 3 aromatic heterocycles. The Bertz CT molecular complexity index is 789. The van der Waals surface area contributed by atoms with Crippen LogP contribution in [-0.4, -0.2) is 29.5 Å². The van der Waals surface area contributed by atoms with Gasteiger partial charge in [0.05, 0.1) is 18.1 Å². The largest absolute Gasteiger partial charge is 0.484 e. The summed E-state index contributed by atoms with van der Waals surface area (Å²) >= 11 is 0. The highest BCUT2D eigenvalue weighted by molar-refractivity contribution is 5.57. The first-order valence-electron chi connectivity index (χ1n) is 7.28. The van der Waals surface area contributed by atoms with Gasteiger partial charge in [-0.25, -0.2) is 0 Å². The zero-order chi connectivity index (χ0) is 14.9. The van der Waals surface area contributed by atoms with E-state index in [0.717, 1.165) is 48.0 Å².